The molecule has 0 amide bonds. The van der Waals surface area contributed by atoms with Crippen LogP contribution in [-0.2, 0) is 42.3 Å². The summed E-state index contributed by atoms with van der Waals surface area (Å²) in [6.45, 7) is 3.17. The van der Waals surface area contributed by atoms with E-state index in [4.69, 9.17) is 4.74 Å². The fraction of sp³-hybridized carbons (Fsp3) is 0.389. The number of aliphatic hydroxyl groups excluding tert-OH is 1. The van der Waals surface area contributed by atoms with Crippen molar-refractivity contribution < 1.29 is 14.6 Å². The smallest absolute Gasteiger partial charge is 0.325 e. The van der Waals surface area contributed by atoms with Gasteiger partial charge in [0.05, 0.1) is 13.7 Å². The summed E-state index contributed by atoms with van der Waals surface area (Å²) in [5, 5.41) is 18.7. The molecule has 26 heavy (non-hydrogen) atoms. The molecular formula is C18H21N5O3. The Balaban J connectivity index is 1.58. The maximum absolute atomic E-state index is 11.7. The Labute approximate surface area is 150 Å². The Morgan fingerprint density at radius 2 is 2.12 bits per heavy atom. The van der Waals surface area contributed by atoms with E-state index in [2.05, 4.69) is 21.2 Å². The second-order valence-corrected chi connectivity index (χ2v) is 6.43. The number of rotatable bonds is 5. The molecule has 136 valence electrons. The molecule has 1 N–H and O–H groups in total. The second kappa shape index (κ2) is 6.89. The fourth-order valence-electron chi connectivity index (χ4n) is 3.54. The van der Waals surface area contributed by atoms with E-state index in [1.807, 2.05) is 33.5 Å². The minimum Gasteiger partial charge on any atom is -0.468 e. The summed E-state index contributed by atoms with van der Waals surface area (Å²) in [4.78, 5) is 14.0. The predicted molar refractivity (Wildman–Crippen MR) is 94.0 cm³/mol. The van der Waals surface area contributed by atoms with Crippen LogP contribution in [0.4, 0.5) is 0 Å². The first kappa shape index (κ1) is 16.7. The number of ether oxygens (including phenoxy) is 1. The summed E-state index contributed by atoms with van der Waals surface area (Å²) in [6.07, 6.45) is 2.03. The number of hydrogen-bond acceptors (Lipinski definition) is 6. The first-order chi connectivity index (χ1) is 12.7. The van der Waals surface area contributed by atoms with Gasteiger partial charge in [0.15, 0.2) is 5.82 Å². The van der Waals surface area contributed by atoms with E-state index in [1.165, 1.54) is 12.7 Å². The van der Waals surface area contributed by atoms with E-state index in [9.17, 15) is 9.90 Å². The number of esters is 1. The molecule has 0 saturated heterocycles. The molecule has 2 aromatic heterocycles. The minimum atomic E-state index is -0.264. The Bertz CT molecular complexity index is 946. The number of aromatic nitrogens is 4. The molecule has 1 aromatic carbocycles. The van der Waals surface area contributed by atoms with Gasteiger partial charge in [0.1, 0.15) is 19.0 Å². The van der Waals surface area contributed by atoms with Crippen LogP contribution in [0.25, 0.3) is 10.9 Å². The molecule has 4 rings (SSSR count). The van der Waals surface area contributed by atoms with Gasteiger partial charge >= 0.3 is 5.97 Å². The van der Waals surface area contributed by atoms with Crippen molar-refractivity contribution in [1.82, 2.24) is 24.2 Å². The molecule has 0 unspecified atom stereocenters. The standard InChI is InChI=1S/C18H21N5O3/c1-26-18(25)11-22-9-13(14-4-2-3-5-15(14)22)8-21-6-7-23-16(10-21)19-20-17(23)12-24/h2-5,9,24H,6-8,10-12H2,1H3. The van der Waals surface area contributed by atoms with Crippen LogP contribution in [0.15, 0.2) is 30.5 Å². The predicted octanol–water partition coefficient (Wildman–Crippen LogP) is 0.914. The van der Waals surface area contributed by atoms with Crippen molar-refractivity contribution in [3.63, 3.8) is 0 Å². The van der Waals surface area contributed by atoms with Gasteiger partial charge in [0, 0.05) is 36.7 Å². The van der Waals surface area contributed by atoms with Crippen LogP contribution in [0.3, 0.4) is 0 Å². The molecule has 0 saturated carbocycles. The summed E-state index contributed by atoms with van der Waals surface area (Å²) >= 11 is 0. The van der Waals surface area contributed by atoms with Crippen molar-refractivity contribution in [2.24, 2.45) is 0 Å². The average Bonchev–Trinajstić information content (AvgIpc) is 3.23. The molecule has 0 aliphatic carbocycles. The molecule has 0 radical (unpaired) electrons. The molecule has 0 atom stereocenters. The molecule has 1 aliphatic rings. The van der Waals surface area contributed by atoms with Crippen LogP contribution >= 0.6 is 0 Å². The van der Waals surface area contributed by atoms with Crippen LogP contribution in [-0.4, -0.2) is 49.0 Å². The van der Waals surface area contributed by atoms with E-state index >= 15 is 0 Å². The van der Waals surface area contributed by atoms with E-state index in [0.717, 1.165) is 36.4 Å². The third-order valence-electron chi connectivity index (χ3n) is 4.84. The first-order valence-electron chi connectivity index (χ1n) is 8.57. The Kier molecular flexibility index (Phi) is 4.44. The normalized spacial score (nSPS) is 14.5. The number of benzene rings is 1. The summed E-state index contributed by atoms with van der Waals surface area (Å²) in [5.74, 6) is 1.23. The van der Waals surface area contributed by atoms with Crippen LogP contribution in [0.2, 0.25) is 0 Å². The lowest BCUT2D eigenvalue weighted by Gasteiger charge is -2.27. The molecule has 0 bridgehead atoms. The first-order valence-corrected chi connectivity index (χ1v) is 8.57. The number of hydrogen-bond donors (Lipinski definition) is 1. The van der Waals surface area contributed by atoms with Crippen molar-refractivity contribution in [2.75, 3.05) is 13.7 Å². The maximum atomic E-state index is 11.7. The van der Waals surface area contributed by atoms with Gasteiger partial charge in [-0.25, -0.2) is 0 Å². The molecule has 1 aliphatic heterocycles. The van der Waals surface area contributed by atoms with Gasteiger partial charge in [-0.05, 0) is 11.6 Å². The van der Waals surface area contributed by atoms with Gasteiger partial charge in [0.2, 0.25) is 0 Å². The van der Waals surface area contributed by atoms with Crippen molar-refractivity contribution in [3.8, 4) is 0 Å². The van der Waals surface area contributed by atoms with E-state index in [-0.39, 0.29) is 19.1 Å². The number of fused-ring (bicyclic) bond motifs is 2. The highest BCUT2D eigenvalue weighted by Crippen LogP contribution is 2.24. The quantitative estimate of drug-likeness (QED) is 0.685. The van der Waals surface area contributed by atoms with Gasteiger partial charge in [-0.2, -0.15) is 0 Å². The molecule has 0 spiro atoms. The number of para-hydroxylation sites is 1. The summed E-state index contributed by atoms with van der Waals surface area (Å²) in [6, 6.07) is 8.07. The zero-order valence-electron chi connectivity index (χ0n) is 14.6. The van der Waals surface area contributed by atoms with Crippen molar-refractivity contribution >= 4 is 16.9 Å². The Hall–Kier alpha value is -2.71. The average molecular weight is 355 g/mol. The van der Waals surface area contributed by atoms with E-state index in [0.29, 0.717) is 12.4 Å². The Morgan fingerprint density at radius 1 is 1.27 bits per heavy atom. The molecule has 0 fully saturated rings. The van der Waals surface area contributed by atoms with Gasteiger partial charge in [-0.15, -0.1) is 10.2 Å². The number of methoxy groups -OCH3 is 1. The lowest BCUT2D eigenvalue weighted by atomic mass is 10.1. The maximum Gasteiger partial charge on any atom is 0.325 e. The second-order valence-electron chi connectivity index (χ2n) is 6.43. The highest BCUT2D eigenvalue weighted by Gasteiger charge is 2.22. The molecule has 3 heterocycles. The lowest BCUT2D eigenvalue weighted by molar-refractivity contribution is -0.141. The van der Waals surface area contributed by atoms with Gasteiger partial charge in [-0.1, -0.05) is 18.2 Å². The number of aliphatic hydroxyl groups is 1. The summed E-state index contributed by atoms with van der Waals surface area (Å²) in [5.41, 5.74) is 2.19. The largest absolute Gasteiger partial charge is 0.468 e. The van der Waals surface area contributed by atoms with E-state index in [1.54, 1.807) is 0 Å². The molecular weight excluding hydrogens is 334 g/mol. The van der Waals surface area contributed by atoms with Gasteiger partial charge in [0.25, 0.3) is 0 Å². The molecule has 3 aromatic rings. The molecule has 8 heteroatoms. The topological polar surface area (TPSA) is 85.4 Å². The highest BCUT2D eigenvalue weighted by molar-refractivity contribution is 5.85. The third-order valence-corrected chi connectivity index (χ3v) is 4.84. The monoisotopic (exact) mass is 355 g/mol. The van der Waals surface area contributed by atoms with Crippen molar-refractivity contribution in [1.29, 1.82) is 0 Å². The molecule has 8 nitrogen and oxygen atoms in total. The zero-order chi connectivity index (χ0) is 18.1. The van der Waals surface area contributed by atoms with Crippen molar-refractivity contribution in [2.45, 2.75) is 32.8 Å². The summed E-state index contributed by atoms with van der Waals surface area (Å²) in [7, 11) is 1.40. The van der Waals surface area contributed by atoms with Gasteiger partial charge in [-0.3, -0.25) is 9.69 Å². The number of nitrogens with zero attached hydrogens (tertiary/aromatic N) is 5. The van der Waals surface area contributed by atoms with Crippen molar-refractivity contribution in [3.05, 3.63) is 47.7 Å². The lowest BCUT2D eigenvalue weighted by Crippen LogP contribution is -2.34. The Morgan fingerprint density at radius 3 is 2.92 bits per heavy atom. The summed E-state index contributed by atoms with van der Waals surface area (Å²) < 4.78 is 8.73. The van der Waals surface area contributed by atoms with Crippen LogP contribution in [0.5, 0.6) is 0 Å². The SMILES string of the molecule is COC(=O)Cn1cc(CN2CCn3c(CO)nnc3C2)c2ccccc21. The number of carbonyl (C=O) groups is 1. The minimum absolute atomic E-state index is 0.0893. The van der Waals surface area contributed by atoms with Crippen LogP contribution in [0, 0.1) is 0 Å². The third kappa shape index (κ3) is 2.97. The van der Waals surface area contributed by atoms with E-state index < -0.39 is 0 Å². The fourth-order valence-corrected chi connectivity index (χ4v) is 3.54. The number of carbonyl (C=O) groups excluding carboxylic acids is 1. The van der Waals surface area contributed by atoms with Crippen LogP contribution < -0.4 is 0 Å². The zero-order valence-corrected chi connectivity index (χ0v) is 14.6. The van der Waals surface area contributed by atoms with Gasteiger partial charge < -0.3 is 19.0 Å². The highest BCUT2D eigenvalue weighted by atomic mass is 16.5. The van der Waals surface area contributed by atoms with Crippen LogP contribution in [0.1, 0.15) is 17.2 Å².